The van der Waals surface area contributed by atoms with Crippen LogP contribution in [-0.2, 0) is 0 Å². The molecule has 1 aromatic rings. The predicted molar refractivity (Wildman–Crippen MR) is 71.9 cm³/mol. The van der Waals surface area contributed by atoms with Crippen molar-refractivity contribution in [2.24, 2.45) is 0 Å². The van der Waals surface area contributed by atoms with E-state index in [9.17, 15) is 5.11 Å². The Bertz CT molecular complexity index is 397. The van der Waals surface area contributed by atoms with Crippen LogP contribution in [0, 0.1) is 6.92 Å². The minimum absolute atomic E-state index is 0.201. The largest absolute Gasteiger partial charge is 0.395 e. The zero-order valence-corrected chi connectivity index (χ0v) is 11.1. The van der Waals surface area contributed by atoms with Crippen LogP contribution >= 0.6 is 11.6 Å². The standard InChI is InChI=1S/C13H19ClN2O/c1-10-12(14)4-3-5-13(10)16-7-6-15(2)11(8-16)9-17/h3-5,11,17H,6-9H2,1-2H3. The molecule has 1 aromatic carbocycles. The fraction of sp³-hybridized carbons (Fsp3) is 0.538. The summed E-state index contributed by atoms with van der Waals surface area (Å²) in [5.41, 5.74) is 2.31. The van der Waals surface area contributed by atoms with E-state index in [0.717, 1.165) is 30.2 Å². The molecule has 0 spiro atoms. The average molecular weight is 255 g/mol. The van der Waals surface area contributed by atoms with E-state index >= 15 is 0 Å². The van der Waals surface area contributed by atoms with Crippen molar-refractivity contribution in [3.63, 3.8) is 0 Å². The Morgan fingerprint density at radius 3 is 2.88 bits per heavy atom. The van der Waals surface area contributed by atoms with Crippen molar-refractivity contribution in [3.05, 3.63) is 28.8 Å². The number of hydrogen-bond donors (Lipinski definition) is 1. The number of benzene rings is 1. The van der Waals surface area contributed by atoms with E-state index in [0.29, 0.717) is 0 Å². The van der Waals surface area contributed by atoms with Gasteiger partial charge in [0.25, 0.3) is 0 Å². The van der Waals surface area contributed by atoms with Crippen LogP contribution in [0.15, 0.2) is 18.2 Å². The molecule has 1 aliphatic rings. The second-order valence-corrected chi connectivity index (χ2v) is 5.05. The first-order valence-corrected chi connectivity index (χ1v) is 6.32. The first-order chi connectivity index (χ1) is 8.13. The fourth-order valence-electron chi connectivity index (χ4n) is 2.30. The van der Waals surface area contributed by atoms with Crippen molar-refractivity contribution in [2.45, 2.75) is 13.0 Å². The Kier molecular flexibility index (Phi) is 3.92. The van der Waals surface area contributed by atoms with Crippen molar-refractivity contribution in [2.75, 3.05) is 38.2 Å². The molecule has 0 aliphatic carbocycles. The van der Waals surface area contributed by atoms with Crippen LogP contribution in [0.5, 0.6) is 0 Å². The number of hydrogen-bond acceptors (Lipinski definition) is 3. The Morgan fingerprint density at radius 1 is 1.41 bits per heavy atom. The van der Waals surface area contributed by atoms with Gasteiger partial charge in [0.05, 0.1) is 12.6 Å². The van der Waals surface area contributed by atoms with Gasteiger partial charge >= 0.3 is 0 Å². The van der Waals surface area contributed by atoms with Gasteiger partial charge in [-0.2, -0.15) is 0 Å². The summed E-state index contributed by atoms with van der Waals surface area (Å²) in [7, 11) is 2.06. The van der Waals surface area contributed by atoms with Gasteiger partial charge in [-0.15, -0.1) is 0 Å². The van der Waals surface area contributed by atoms with Gasteiger partial charge in [-0.05, 0) is 31.7 Å². The molecule has 1 aliphatic heterocycles. The zero-order chi connectivity index (χ0) is 12.4. The molecule has 1 unspecified atom stereocenters. The van der Waals surface area contributed by atoms with Gasteiger partial charge in [0.15, 0.2) is 0 Å². The lowest BCUT2D eigenvalue weighted by molar-refractivity contribution is 0.135. The van der Waals surface area contributed by atoms with Gasteiger partial charge in [0.2, 0.25) is 0 Å². The van der Waals surface area contributed by atoms with E-state index in [-0.39, 0.29) is 12.6 Å². The number of aliphatic hydroxyl groups is 1. The van der Waals surface area contributed by atoms with Crippen LogP contribution < -0.4 is 4.90 Å². The second-order valence-electron chi connectivity index (χ2n) is 4.65. The first kappa shape index (κ1) is 12.7. The average Bonchev–Trinajstić information content (AvgIpc) is 2.34. The lowest BCUT2D eigenvalue weighted by atomic mass is 10.1. The normalized spacial score (nSPS) is 21.9. The van der Waals surface area contributed by atoms with Crippen molar-refractivity contribution in [1.29, 1.82) is 0 Å². The van der Waals surface area contributed by atoms with Crippen molar-refractivity contribution in [1.82, 2.24) is 4.90 Å². The molecular weight excluding hydrogens is 236 g/mol. The Hall–Kier alpha value is -0.770. The molecule has 0 amide bonds. The smallest absolute Gasteiger partial charge is 0.0604 e. The lowest BCUT2D eigenvalue weighted by Gasteiger charge is -2.40. The summed E-state index contributed by atoms with van der Waals surface area (Å²) in [6, 6.07) is 6.21. The first-order valence-electron chi connectivity index (χ1n) is 5.94. The van der Waals surface area contributed by atoms with Crippen molar-refractivity contribution >= 4 is 17.3 Å². The maximum Gasteiger partial charge on any atom is 0.0604 e. The third kappa shape index (κ3) is 2.57. The summed E-state index contributed by atoms with van der Waals surface area (Å²) in [5.74, 6) is 0. The Morgan fingerprint density at radius 2 is 2.18 bits per heavy atom. The molecule has 2 rings (SSSR count). The summed E-state index contributed by atoms with van der Waals surface area (Å²) in [6.45, 7) is 5.05. The molecule has 3 nitrogen and oxygen atoms in total. The summed E-state index contributed by atoms with van der Waals surface area (Å²) >= 11 is 6.15. The van der Waals surface area contributed by atoms with Crippen LogP contribution in [0.25, 0.3) is 0 Å². The van der Waals surface area contributed by atoms with Gasteiger partial charge in [0, 0.05) is 30.3 Å². The topological polar surface area (TPSA) is 26.7 Å². The number of halogens is 1. The minimum Gasteiger partial charge on any atom is -0.395 e. The molecule has 1 saturated heterocycles. The highest BCUT2D eigenvalue weighted by Crippen LogP contribution is 2.27. The van der Waals surface area contributed by atoms with E-state index in [2.05, 4.69) is 22.9 Å². The Balaban J connectivity index is 2.20. The van der Waals surface area contributed by atoms with Gasteiger partial charge in [-0.1, -0.05) is 17.7 Å². The number of aliphatic hydroxyl groups excluding tert-OH is 1. The molecule has 1 fully saturated rings. The molecule has 0 radical (unpaired) electrons. The predicted octanol–water partition coefficient (Wildman–Crippen LogP) is 1.76. The molecule has 94 valence electrons. The number of nitrogens with zero attached hydrogens (tertiary/aromatic N) is 2. The van der Waals surface area contributed by atoms with Crippen LogP contribution in [-0.4, -0.2) is 49.3 Å². The zero-order valence-electron chi connectivity index (χ0n) is 10.4. The summed E-state index contributed by atoms with van der Waals surface area (Å²) < 4.78 is 0. The molecule has 0 saturated carbocycles. The highest BCUT2D eigenvalue weighted by Gasteiger charge is 2.24. The third-order valence-corrected chi connectivity index (χ3v) is 3.98. The minimum atomic E-state index is 0.201. The monoisotopic (exact) mass is 254 g/mol. The van der Waals surface area contributed by atoms with E-state index < -0.39 is 0 Å². The van der Waals surface area contributed by atoms with E-state index in [1.165, 1.54) is 5.69 Å². The number of piperazine rings is 1. The van der Waals surface area contributed by atoms with Crippen LogP contribution in [0.4, 0.5) is 5.69 Å². The van der Waals surface area contributed by atoms with Crippen molar-refractivity contribution < 1.29 is 5.11 Å². The molecule has 1 atom stereocenters. The molecule has 0 aromatic heterocycles. The highest BCUT2D eigenvalue weighted by atomic mass is 35.5. The Labute approximate surface area is 108 Å². The SMILES string of the molecule is Cc1c(Cl)cccc1N1CCN(C)C(CO)C1. The van der Waals surface area contributed by atoms with Gasteiger partial charge in [-0.25, -0.2) is 0 Å². The number of likely N-dealkylation sites (N-methyl/N-ethyl adjacent to an activating group) is 1. The quantitative estimate of drug-likeness (QED) is 0.871. The summed E-state index contributed by atoms with van der Waals surface area (Å²) in [5, 5.41) is 10.2. The third-order valence-electron chi connectivity index (χ3n) is 3.57. The molecule has 4 heteroatoms. The maximum atomic E-state index is 9.36. The van der Waals surface area contributed by atoms with E-state index in [4.69, 9.17) is 11.6 Å². The molecular formula is C13H19ClN2O. The molecule has 17 heavy (non-hydrogen) atoms. The maximum absolute atomic E-state index is 9.36. The van der Waals surface area contributed by atoms with Gasteiger partial charge < -0.3 is 10.0 Å². The molecule has 0 bridgehead atoms. The second kappa shape index (κ2) is 5.25. The fourth-order valence-corrected chi connectivity index (χ4v) is 2.47. The summed E-state index contributed by atoms with van der Waals surface area (Å²) in [4.78, 5) is 4.51. The summed E-state index contributed by atoms with van der Waals surface area (Å²) in [6.07, 6.45) is 0. The van der Waals surface area contributed by atoms with Gasteiger partial charge in [-0.3, -0.25) is 4.90 Å². The van der Waals surface area contributed by atoms with Gasteiger partial charge in [0.1, 0.15) is 0 Å². The lowest BCUT2D eigenvalue weighted by Crippen LogP contribution is -2.53. The highest BCUT2D eigenvalue weighted by molar-refractivity contribution is 6.31. The number of rotatable bonds is 2. The van der Waals surface area contributed by atoms with E-state index in [1.54, 1.807) is 0 Å². The van der Waals surface area contributed by atoms with E-state index in [1.807, 2.05) is 19.1 Å². The molecule has 1 heterocycles. The van der Waals surface area contributed by atoms with Crippen LogP contribution in [0.2, 0.25) is 5.02 Å². The molecule has 1 N–H and O–H groups in total. The number of anilines is 1. The van der Waals surface area contributed by atoms with Crippen LogP contribution in [0.1, 0.15) is 5.56 Å². The van der Waals surface area contributed by atoms with Crippen LogP contribution in [0.3, 0.4) is 0 Å². The van der Waals surface area contributed by atoms with Crippen molar-refractivity contribution in [3.8, 4) is 0 Å².